The first-order valence-corrected chi connectivity index (χ1v) is 11.7. The van der Waals surface area contributed by atoms with Crippen LogP contribution in [0.5, 0.6) is 5.75 Å². The Bertz CT molecular complexity index is 1110. The third-order valence-corrected chi connectivity index (χ3v) is 7.60. The molecule has 0 aliphatic carbocycles. The molecule has 8 nitrogen and oxygen atoms in total. The highest BCUT2D eigenvalue weighted by Crippen LogP contribution is 2.33. The number of rotatable bonds is 4. The van der Waals surface area contributed by atoms with Crippen LogP contribution < -0.4 is 15.4 Å². The van der Waals surface area contributed by atoms with Crippen molar-refractivity contribution in [3.05, 3.63) is 47.5 Å². The second-order valence-electron chi connectivity index (χ2n) is 7.58. The Hall–Kier alpha value is -2.62. The molecule has 2 heterocycles. The predicted octanol–water partition coefficient (Wildman–Crippen LogP) is 3.10. The summed E-state index contributed by atoms with van der Waals surface area (Å²) < 4.78 is 33.0. The molecule has 1 atom stereocenters. The lowest BCUT2D eigenvalue weighted by molar-refractivity contribution is -0.123. The van der Waals surface area contributed by atoms with E-state index in [4.69, 9.17) is 16.3 Å². The fourth-order valence-electron chi connectivity index (χ4n) is 3.63. The van der Waals surface area contributed by atoms with Gasteiger partial charge in [-0.3, -0.25) is 9.59 Å². The van der Waals surface area contributed by atoms with E-state index in [9.17, 15) is 18.0 Å². The van der Waals surface area contributed by atoms with Crippen LogP contribution in [0, 0.1) is 5.92 Å². The number of halogens is 1. The van der Waals surface area contributed by atoms with E-state index in [0.29, 0.717) is 35.0 Å². The number of carbonyl (C=O) groups is 2. The van der Waals surface area contributed by atoms with E-state index in [2.05, 4.69) is 10.6 Å². The molecule has 31 heavy (non-hydrogen) atoms. The van der Waals surface area contributed by atoms with Gasteiger partial charge >= 0.3 is 0 Å². The maximum atomic E-state index is 13.1. The third-order valence-electron chi connectivity index (χ3n) is 5.46. The summed E-state index contributed by atoms with van der Waals surface area (Å²) in [5.74, 6) is -0.305. The fourth-order valence-corrected chi connectivity index (χ4v) is 5.26. The van der Waals surface area contributed by atoms with Gasteiger partial charge in [-0.15, -0.1) is 0 Å². The van der Waals surface area contributed by atoms with Crippen LogP contribution >= 0.6 is 11.6 Å². The van der Waals surface area contributed by atoms with E-state index in [1.54, 1.807) is 37.3 Å². The minimum Gasteiger partial charge on any atom is -0.479 e. The summed E-state index contributed by atoms with van der Waals surface area (Å²) in [5.41, 5.74) is 0.985. The van der Waals surface area contributed by atoms with E-state index < -0.39 is 16.1 Å². The van der Waals surface area contributed by atoms with E-state index in [1.165, 1.54) is 16.4 Å². The average molecular weight is 464 g/mol. The summed E-state index contributed by atoms with van der Waals surface area (Å²) in [6, 6.07) is 11.3. The van der Waals surface area contributed by atoms with E-state index >= 15 is 0 Å². The number of carbonyl (C=O) groups excluding carboxylic acids is 2. The molecule has 0 spiro atoms. The standard InChI is InChI=1S/C21H22ClN3O5S/c1-13-20(26)24-18-12-17(6-7-19(18)30-13)31(28,29)25-10-8-14(9-11-25)21(27)23-16-4-2-15(22)3-5-16/h2-7,12-14H,8-11H2,1H3,(H,23,27)(H,24,26). The SMILES string of the molecule is CC1Oc2ccc(S(=O)(=O)N3CCC(C(=O)Nc4ccc(Cl)cc4)CC3)cc2NC1=O. The molecule has 0 radical (unpaired) electrons. The number of nitrogens with one attached hydrogen (secondary N) is 2. The normalized spacial score (nSPS) is 19.8. The molecule has 10 heteroatoms. The van der Waals surface area contributed by atoms with Gasteiger partial charge < -0.3 is 15.4 Å². The van der Waals surface area contributed by atoms with Crippen LogP contribution in [-0.4, -0.2) is 43.7 Å². The Morgan fingerprint density at radius 1 is 1.16 bits per heavy atom. The topological polar surface area (TPSA) is 105 Å². The average Bonchev–Trinajstić information content (AvgIpc) is 2.76. The van der Waals surface area contributed by atoms with Crippen molar-refractivity contribution in [2.45, 2.75) is 30.8 Å². The molecule has 0 saturated carbocycles. The van der Waals surface area contributed by atoms with Gasteiger partial charge in [-0.05, 0) is 62.2 Å². The van der Waals surface area contributed by atoms with Gasteiger partial charge in [-0.2, -0.15) is 4.31 Å². The number of benzene rings is 2. The summed E-state index contributed by atoms with van der Waals surface area (Å²) in [6.45, 7) is 2.09. The minimum atomic E-state index is -3.76. The number of nitrogens with zero attached hydrogens (tertiary/aromatic N) is 1. The first-order valence-electron chi connectivity index (χ1n) is 9.92. The van der Waals surface area contributed by atoms with Crippen molar-refractivity contribution in [1.29, 1.82) is 0 Å². The third kappa shape index (κ3) is 4.53. The Morgan fingerprint density at radius 3 is 2.52 bits per heavy atom. The number of hydrogen-bond donors (Lipinski definition) is 2. The first-order chi connectivity index (χ1) is 14.7. The van der Waals surface area contributed by atoms with Gasteiger partial charge in [0.1, 0.15) is 5.75 Å². The van der Waals surface area contributed by atoms with Gasteiger partial charge in [-0.25, -0.2) is 8.42 Å². The second-order valence-corrected chi connectivity index (χ2v) is 9.96. The van der Waals surface area contributed by atoms with Crippen LogP contribution in [0.4, 0.5) is 11.4 Å². The van der Waals surface area contributed by atoms with Crippen LogP contribution in [0.15, 0.2) is 47.4 Å². The van der Waals surface area contributed by atoms with E-state index in [0.717, 1.165) is 0 Å². The molecule has 164 valence electrons. The Labute approximate surface area is 185 Å². The maximum absolute atomic E-state index is 13.1. The largest absolute Gasteiger partial charge is 0.479 e. The number of fused-ring (bicyclic) bond motifs is 1. The fraction of sp³-hybridized carbons (Fsp3) is 0.333. The zero-order valence-electron chi connectivity index (χ0n) is 16.8. The van der Waals surface area contributed by atoms with Crippen molar-refractivity contribution in [2.75, 3.05) is 23.7 Å². The van der Waals surface area contributed by atoms with E-state index in [-0.39, 0.29) is 35.7 Å². The highest BCUT2D eigenvalue weighted by molar-refractivity contribution is 7.89. The van der Waals surface area contributed by atoms with Crippen molar-refractivity contribution in [3.8, 4) is 5.75 Å². The molecule has 1 saturated heterocycles. The highest BCUT2D eigenvalue weighted by atomic mass is 35.5. The molecule has 0 bridgehead atoms. The first kappa shape index (κ1) is 21.6. The van der Waals surface area contributed by atoms with Gasteiger partial charge in [-0.1, -0.05) is 11.6 Å². The molecule has 2 aromatic rings. The lowest BCUT2D eigenvalue weighted by Crippen LogP contribution is -2.41. The van der Waals surface area contributed by atoms with Crippen molar-refractivity contribution in [3.63, 3.8) is 0 Å². The summed E-state index contributed by atoms with van der Waals surface area (Å²) in [7, 11) is -3.76. The number of hydrogen-bond acceptors (Lipinski definition) is 5. The molecule has 2 aliphatic rings. The minimum absolute atomic E-state index is 0.0776. The molecule has 2 aromatic carbocycles. The highest BCUT2D eigenvalue weighted by Gasteiger charge is 2.33. The molecule has 2 amide bonds. The second kappa shape index (κ2) is 8.49. The van der Waals surface area contributed by atoms with Crippen LogP contribution in [0.2, 0.25) is 5.02 Å². The molecular formula is C21H22ClN3O5S. The molecule has 2 N–H and O–H groups in total. The zero-order chi connectivity index (χ0) is 22.2. The van der Waals surface area contributed by atoms with Gasteiger partial charge in [0, 0.05) is 29.7 Å². The number of sulfonamides is 1. The van der Waals surface area contributed by atoms with Crippen molar-refractivity contribution in [1.82, 2.24) is 4.31 Å². The lowest BCUT2D eigenvalue weighted by Gasteiger charge is -2.31. The number of amides is 2. The molecular weight excluding hydrogens is 442 g/mol. The van der Waals surface area contributed by atoms with Gasteiger partial charge in [0.05, 0.1) is 10.6 Å². The molecule has 1 fully saturated rings. The smallest absolute Gasteiger partial charge is 0.265 e. The Morgan fingerprint density at radius 2 is 1.84 bits per heavy atom. The van der Waals surface area contributed by atoms with Crippen LogP contribution in [0.25, 0.3) is 0 Å². The molecule has 0 aromatic heterocycles. The van der Waals surface area contributed by atoms with Gasteiger partial charge in [0.2, 0.25) is 15.9 Å². The summed E-state index contributed by atoms with van der Waals surface area (Å²) in [5, 5.41) is 6.09. The van der Waals surface area contributed by atoms with Gasteiger partial charge in [0.15, 0.2) is 6.10 Å². The van der Waals surface area contributed by atoms with E-state index in [1.807, 2.05) is 0 Å². The van der Waals surface area contributed by atoms with Crippen molar-refractivity contribution < 1.29 is 22.7 Å². The number of ether oxygens (including phenoxy) is 1. The quantitative estimate of drug-likeness (QED) is 0.724. The van der Waals surface area contributed by atoms with Crippen LogP contribution in [0.1, 0.15) is 19.8 Å². The summed E-state index contributed by atoms with van der Waals surface area (Å²) >= 11 is 5.86. The molecule has 4 rings (SSSR count). The number of piperidine rings is 1. The van der Waals surface area contributed by atoms with Gasteiger partial charge in [0.25, 0.3) is 5.91 Å². The Kier molecular flexibility index (Phi) is 5.92. The summed E-state index contributed by atoms with van der Waals surface area (Å²) in [6.07, 6.45) is 0.204. The summed E-state index contributed by atoms with van der Waals surface area (Å²) in [4.78, 5) is 24.4. The monoisotopic (exact) mass is 463 g/mol. The van der Waals surface area contributed by atoms with Crippen molar-refractivity contribution in [2.24, 2.45) is 5.92 Å². The van der Waals surface area contributed by atoms with Crippen LogP contribution in [0.3, 0.4) is 0 Å². The van der Waals surface area contributed by atoms with Crippen molar-refractivity contribution >= 4 is 44.8 Å². The maximum Gasteiger partial charge on any atom is 0.265 e. The van der Waals surface area contributed by atoms with Crippen LogP contribution in [-0.2, 0) is 19.6 Å². The molecule has 1 unspecified atom stereocenters. The Balaban J connectivity index is 1.41. The predicted molar refractivity (Wildman–Crippen MR) is 117 cm³/mol. The number of anilines is 2. The zero-order valence-corrected chi connectivity index (χ0v) is 18.4. The molecule has 2 aliphatic heterocycles. The lowest BCUT2D eigenvalue weighted by atomic mass is 9.97.